The number of hydrogen-bond acceptors (Lipinski definition) is 3. The van der Waals surface area contributed by atoms with Gasteiger partial charge in [-0.1, -0.05) is 29.8 Å². The highest BCUT2D eigenvalue weighted by molar-refractivity contribution is 7.89. The van der Waals surface area contributed by atoms with Crippen molar-refractivity contribution in [1.29, 1.82) is 0 Å². The lowest BCUT2D eigenvalue weighted by Crippen LogP contribution is -2.25. The second-order valence-corrected chi connectivity index (χ2v) is 8.29. The quantitative estimate of drug-likeness (QED) is 0.576. The van der Waals surface area contributed by atoms with Crippen molar-refractivity contribution in [3.8, 4) is 0 Å². The Morgan fingerprint density at radius 2 is 1.60 bits per heavy atom. The summed E-state index contributed by atoms with van der Waals surface area (Å²) in [5, 5.41) is 2.62. The molecule has 0 aromatic heterocycles. The van der Waals surface area contributed by atoms with E-state index >= 15 is 0 Å². The molecule has 0 fully saturated rings. The molecule has 2 N–H and O–H groups in total. The number of sulfonamides is 1. The monoisotopic (exact) mass is 454 g/mol. The first-order valence-corrected chi connectivity index (χ1v) is 10.3. The van der Waals surface area contributed by atoms with Gasteiger partial charge in [0.05, 0.1) is 0 Å². The van der Waals surface area contributed by atoms with E-state index < -0.39 is 38.3 Å². The number of hydrogen-bond donors (Lipinski definition) is 2. The summed E-state index contributed by atoms with van der Waals surface area (Å²) in [4.78, 5) is 11.6. The second-order valence-electron chi connectivity index (χ2n) is 6.14. The number of carbonyl (C=O) groups excluding carboxylic acids is 1. The molecule has 0 bridgehead atoms. The van der Waals surface area contributed by atoms with Gasteiger partial charge in [0.25, 0.3) is 5.91 Å². The van der Waals surface area contributed by atoms with Gasteiger partial charge in [-0.2, -0.15) is 0 Å². The summed E-state index contributed by atoms with van der Waals surface area (Å²) >= 11 is 5.98. The highest BCUT2D eigenvalue weighted by Gasteiger charge is 2.21. The van der Waals surface area contributed by atoms with Crippen molar-refractivity contribution in [1.82, 2.24) is 4.72 Å². The fourth-order valence-corrected chi connectivity index (χ4v) is 3.83. The molecule has 0 atom stereocenters. The molecule has 0 saturated carbocycles. The average molecular weight is 455 g/mol. The average Bonchev–Trinajstić information content (AvgIpc) is 2.70. The minimum Gasteiger partial charge on any atom is -0.322 e. The lowest BCUT2D eigenvalue weighted by Gasteiger charge is -2.11. The lowest BCUT2D eigenvalue weighted by molar-refractivity contribution is 0.102. The van der Waals surface area contributed by atoms with E-state index in [2.05, 4.69) is 10.0 Å². The molecule has 3 aromatic carbocycles. The van der Waals surface area contributed by atoms with Gasteiger partial charge in [-0.3, -0.25) is 4.79 Å². The molecule has 10 heteroatoms. The molecule has 0 saturated heterocycles. The van der Waals surface area contributed by atoms with Crippen LogP contribution < -0.4 is 10.0 Å². The fourth-order valence-electron chi connectivity index (χ4n) is 2.52. The second kappa shape index (κ2) is 8.86. The molecule has 3 rings (SSSR count). The number of halogens is 4. The standard InChI is InChI=1S/C20H14ClF3N2O3S/c21-15-4-2-1-3-13(15)11-25-30(28,29)19-9-12(5-7-17(19)23)20(27)26-14-6-8-16(22)18(24)10-14/h1-10,25H,11H2,(H,26,27). The molecule has 5 nitrogen and oxygen atoms in total. The molecule has 1 amide bonds. The fraction of sp³-hybridized carbons (Fsp3) is 0.0500. The smallest absolute Gasteiger partial charge is 0.255 e. The van der Waals surface area contributed by atoms with E-state index in [-0.39, 0.29) is 17.8 Å². The maximum absolute atomic E-state index is 14.2. The first kappa shape index (κ1) is 21.8. The van der Waals surface area contributed by atoms with E-state index in [1.807, 2.05) is 0 Å². The van der Waals surface area contributed by atoms with Gasteiger partial charge in [-0.15, -0.1) is 0 Å². The maximum atomic E-state index is 14.2. The number of rotatable bonds is 6. The molecule has 0 radical (unpaired) electrons. The number of carbonyl (C=O) groups is 1. The molecule has 0 aliphatic carbocycles. The number of benzene rings is 3. The number of anilines is 1. The predicted octanol–water partition coefficient (Wildman–Crippen LogP) is 4.49. The molecular weight excluding hydrogens is 441 g/mol. The first-order chi connectivity index (χ1) is 14.2. The van der Waals surface area contributed by atoms with Crippen LogP contribution in [0.1, 0.15) is 15.9 Å². The van der Waals surface area contributed by atoms with E-state index in [4.69, 9.17) is 11.6 Å². The van der Waals surface area contributed by atoms with Crippen molar-refractivity contribution >= 4 is 33.2 Å². The largest absolute Gasteiger partial charge is 0.322 e. The third-order valence-electron chi connectivity index (χ3n) is 4.07. The van der Waals surface area contributed by atoms with Crippen LogP contribution in [0.25, 0.3) is 0 Å². The van der Waals surface area contributed by atoms with Crippen LogP contribution >= 0.6 is 11.6 Å². The van der Waals surface area contributed by atoms with Crippen LogP contribution in [-0.2, 0) is 16.6 Å². The van der Waals surface area contributed by atoms with Crippen molar-refractivity contribution in [2.75, 3.05) is 5.32 Å². The Morgan fingerprint density at radius 3 is 2.30 bits per heavy atom. The van der Waals surface area contributed by atoms with Gasteiger partial charge in [0.1, 0.15) is 10.7 Å². The minimum atomic E-state index is -4.32. The number of nitrogens with one attached hydrogen (secondary N) is 2. The summed E-state index contributed by atoms with van der Waals surface area (Å²) in [6, 6.07) is 12.0. The van der Waals surface area contributed by atoms with Crippen LogP contribution in [-0.4, -0.2) is 14.3 Å². The highest BCUT2D eigenvalue weighted by atomic mass is 35.5. The topological polar surface area (TPSA) is 75.3 Å². The van der Waals surface area contributed by atoms with Crippen molar-refractivity contribution in [3.05, 3.63) is 94.3 Å². The minimum absolute atomic E-state index is 0.0514. The van der Waals surface area contributed by atoms with Gasteiger partial charge in [-0.05, 0) is 42.0 Å². The van der Waals surface area contributed by atoms with E-state index in [9.17, 15) is 26.4 Å². The zero-order valence-corrected chi connectivity index (χ0v) is 16.7. The van der Waals surface area contributed by atoms with Crippen LogP contribution in [0.3, 0.4) is 0 Å². The van der Waals surface area contributed by atoms with Crippen LogP contribution in [0.2, 0.25) is 5.02 Å². The Balaban J connectivity index is 1.82. The maximum Gasteiger partial charge on any atom is 0.255 e. The molecule has 0 aliphatic rings. The van der Waals surface area contributed by atoms with Crippen molar-refractivity contribution in [2.24, 2.45) is 0 Å². The zero-order chi connectivity index (χ0) is 21.9. The Hall–Kier alpha value is -2.88. The molecule has 0 heterocycles. The van der Waals surface area contributed by atoms with E-state index in [1.54, 1.807) is 24.3 Å². The highest BCUT2D eigenvalue weighted by Crippen LogP contribution is 2.20. The van der Waals surface area contributed by atoms with Crippen molar-refractivity contribution in [3.63, 3.8) is 0 Å². The molecule has 30 heavy (non-hydrogen) atoms. The van der Waals surface area contributed by atoms with Gasteiger partial charge < -0.3 is 5.32 Å². The summed E-state index contributed by atoms with van der Waals surface area (Å²) in [5.41, 5.74) is 0.235. The Kier molecular flexibility index (Phi) is 6.45. The van der Waals surface area contributed by atoms with Gasteiger partial charge in [0.15, 0.2) is 11.6 Å². The molecule has 0 aliphatic heterocycles. The molecule has 3 aromatic rings. The van der Waals surface area contributed by atoms with Crippen molar-refractivity contribution < 1.29 is 26.4 Å². The summed E-state index contributed by atoms with van der Waals surface area (Å²) in [6.07, 6.45) is 0. The predicted molar refractivity (Wildman–Crippen MR) is 106 cm³/mol. The molecular formula is C20H14ClF3N2O3S. The molecule has 0 unspecified atom stereocenters. The molecule has 0 spiro atoms. The Labute approximate surface area is 175 Å². The van der Waals surface area contributed by atoms with E-state index in [0.29, 0.717) is 10.6 Å². The van der Waals surface area contributed by atoms with Crippen LogP contribution in [0.15, 0.2) is 65.6 Å². The number of amides is 1. The summed E-state index contributed by atoms with van der Waals surface area (Å²) in [7, 11) is -4.32. The van der Waals surface area contributed by atoms with Crippen LogP contribution in [0.4, 0.5) is 18.9 Å². The van der Waals surface area contributed by atoms with Crippen molar-refractivity contribution in [2.45, 2.75) is 11.4 Å². The first-order valence-electron chi connectivity index (χ1n) is 8.46. The Morgan fingerprint density at radius 1 is 0.900 bits per heavy atom. The summed E-state index contributed by atoms with van der Waals surface area (Å²) < 4.78 is 67.8. The van der Waals surface area contributed by atoms with Gasteiger partial charge in [0, 0.05) is 28.9 Å². The van der Waals surface area contributed by atoms with Gasteiger partial charge in [-0.25, -0.2) is 26.3 Å². The van der Waals surface area contributed by atoms with Crippen LogP contribution in [0.5, 0.6) is 0 Å². The molecule has 156 valence electrons. The van der Waals surface area contributed by atoms with Crippen LogP contribution in [0, 0.1) is 17.5 Å². The summed E-state index contributed by atoms with van der Waals surface area (Å²) in [6.45, 7) is -0.188. The van der Waals surface area contributed by atoms with E-state index in [1.165, 1.54) is 0 Å². The van der Waals surface area contributed by atoms with Gasteiger partial charge in [0.2, 0.25) is 10.0 Å². The normalized spacial score (nSPS) is 11.3. The van der Waals surface area contributed by atoms with E-state index in [0.717, 1.165) is 36.4 Å². The Bertz CT molecular complexity index is 1220. The third kappa shape index (κ3) is 4.99. The summed E-state index contributed by atoms with van der Waals surface area (Å²) in [5.74, 6) is -4.15. The lowest BCUT2D eigenvalue weighted by atomic mass is 10.2. The zero-order valence-electron chi connectivity index (χ0n) is 15.1. The SMILES string of the molecule is O=C(Nc1ccc(F)c(F)c1)c1ccc(F)c(S(=O)(=O)NCc2ccccc2Cl)c1. The third-order valence-corrected chi connectivity index (χ3v) is 5.86. The van der Waals surface area contributed by atoms with Gasteiger partial charge >= 0.3 is 0 Å².